The second kappa shape index (κ2) is 5.35. The molecule has 1 aromatic rings. The highest BCUT2D eigenvalue weighted by atomic mass is 16.5. The van der Waals surface area contributed by atoms with Crippen LogP contribution in [0.4, 0.5) is 0 Å². The van der Waals surface area contributed by atoms with E-state index in [2.05, 4.69) is 6.58 Å². The maximum Gasteiger partial charge on any atom is 0.134 e. The van der Waals surface area contributed by atoms with Crippen LogP contribution in [0.25, 0.3) is 0 Å². The van der Waals surface area contributed by atoms with Gasteiger partial charge in [-0.05, 0) is 37.1 Å². The summed E-state index contributed by atoms with van der Waals surface area (Å²) in [6, 6.07) is 7.60. The van der Waals surface area contributed by atoms with Crippen LogP contribution in [0, 0.1) is 0 Å². The predicted molar refractivity (Wildman–Crippen MR) is 61.1 cm³/mol. The average molecular weight is 204 g/mol. The first-order valence-electron chi connectivity index (χ1n) is 4.93. The number of ether oxygens (including phenoxy) is 1. The number of hydrogen-bond acceptors (Lipinski definition) is 2. The standard InChI is InChI=1S/C13H16O2/c1-10(2)9-15-13-6-4-5-12(8-13)7-11(3)14/h4-6,8H,1,7,9H2,2-3H3. The Kier molecular flexibility index (Phi) is 4.10. The van der Waals surface area contributed by atoms with Crippen LogP contribution < -0.4 is 4.74 Å². The van der Waals surface area contributed by atoms with Gasteiger partial charge < -0.3 is 4.74 Å². The van der Waals surface area contributed by atoms with E-state index in [4.69, 9.17) is 4.74 Å². The summed E-state index contributed by atoms with van der Waals surface area (Å²) in [7, 11) is 0. The van der Waals surface area contributed by atoms with Gasteiger partial charge >= 0.3 is 0 Å². The fourth-order valence-electron chi connectivity index (χ4n) is 1.24. The molecule has 0 aromatic heterocycles. The second-order valence-electron chi connectivity index (χ2n) is 3.77. The molecular weight excluding hydrogens is 188 g/mol. The highest BCUT2D eigenvalue weighted by molar-refractivity contribution is 5.78. The van der Waals surface area contributed by atoms with E-state index in [9.17, 15) is 4.79 Å². The fourth-order valence-corrected chi connectivity index (χ4v) is 1.24. The normalized spacial score (nSPS) is 9.73. The molecule has 0 saturated heterocycles. The van der Waals surface area contributed by atoms with Gasteiger partial charge in [0.15, 0.2) is 0 Å². The zero-order valence-corrected chi connectivity index (χ0v) is 9.25. The van der Waals surface area contributed by atoms with Gasteiger partial charge in [0, 0.05) is 6.42 Å². The Morgan fingerprint density at radius 1 is 1.40 bits per heavy atom. The molecule has 0 atom stereocenters. The van der Waals surface area contributed by atoms with Crippen molar-refractivity contribution in [1.82, 2.24) is 0 Å². The molecule has 0 radical (unpaired) electrons. The van der Waals surface area contributed by atoms with Crippen LogP contribution in [0.5, 0.6) is 5.75 Å². The highest BCUT2D eigenvalue weighted by Crippen LogP contribution is 2.14. The van der Waals surface area contributed by atoms with Crippen molar-refractivity contribution in [2.75, 3.05) is 6.61 Å². The van der Waals surface area contributed by atoms with Crippen LogP contribution in [-0.4, -0.2) is 12.4 Å². The van der Waals surface area contributed by atoms with Crippen LogP contribution in [0.1, 0.15) is 19.4 Å². The van der Waals surface area contributed by atoms with Crippen LogP contribution >= 0.6 is 0 Å². The number of rotatable bonds is 5. The highest BCUT2D eigenvalue weighted by Gasteiger charge is 1.99. The maximum atomic E-state index is 10.9. The van der Waals surface area contributed by atoms with Crippen molar-refractivity contribution in [2.24, 2.45) is 0 Å². The Labute approximate surface area is 90.6 Å². The molecule has 0 heterocycles. The molecule has 0 saturated carbocycles. The van der Waals surface area contributed by atoms with Gasteiger partial charge in [-0.1, -0.05) is 18.7 Å². The first-order valence-corrected chi connectivity index (χ1v) is 4.93. The lowest BCUT2D eigenvalue weighted by molar-refractivity contribution is -0.116. The third-order valence-electron chi connectivity index (χ3n) is 1.84. The maximum absolute atomic E-state index is 10.9. The van der Waals surface area contributed by atoms with E-state index in [0.717, 1.165) is 16.9 Å². The van der Waals surface area contributed by atoms with Crippen LogP contribution in [0.15, 0.2) is 36.4 Å². The lowest BCUT2D eigenvalue weighted by Crippen LogP contribution is -2.00. The van der Waals surface area contributed by atoms with Gasteiger partial charge in [-0.2, -0.15) is 0 Å². The van der Waals surface area contributed by atoms with Crippen molar-refractivity contribution in [1.29, 1.82) is 0 Å². The zero-order valence-electron chi connectivity index (χ0n) is 9.25. The smallest absolute Gasteiger partial charge is 0.134 e. The molecule has 0 fully saturated rings. The summed E-state index contributed by atoms with van der Waals surface area (Å²) in [5.74, 6) is 0.948. The molecule has 0 aliphatic carbocycles. The Bertz CT molecular complexity index is 367. The van der Waals surface area contributed by atoms with Crippen molar-refractivity contribution in [2.45, 2.75) is 20.3 Å². The van der Waals surface area contributed by atoms with E-state index in [-0.39, 0.29) is 5.78 Å². The molecule has 15 heavy (non-hydrogen) atoms. The van der Waals surface area contributed by atoms with Crippen molar-refractivity contribution < 1.29 is 9.53 Å². The van der Waals surface area contributed by atoms with E-state index in [0.29, 0.717) is 13.0 Å². The summed E-state index contributed by atoms with van der Waals surface area (Å²) in [6.45, 7) is 7.78. The zero-order chi connectivity index (χ0) is 11.3. The van der Waals surface area contributed by atoms with E-state index in [1.807, 2.05) is 31.2 Å². The molecule has 0 unspecified atom stereocenters. The molecule has 0 bridgehead atoms. The van der Waals surface area contributed by atoms with Gasteiger partial charge in [-0.3, -0.25) is 4.79 Å². The Morgan fingerprint density at radius 3 is 2.73 bits per heavy atom. The predicted octanol–water partition coefficient (Wildman–Crippen LogP) is 2.77. The van der Waals surface area contributed by atoms with Crippen molar-refractivity contribution >= 4 is 5.78 Å². The summed E-state index contributed by atoms with van der Waals surface area (Å²) in [4.78, 5) is 10.9. The summed E-state index contributed by atoms with van der Waals surface area (Å²) in [5.41, 5.74) is 1.97. The molecule has 0 spiro atoms. The van der Waals surface area contributed by atoms with Crippen LogP contribution in [0.3, 0.4) is 0 Å². The molecule has 80 valence electrons. The molecular formula is C13H16O2. The number of ketones is 1. The minimum atomic E-state index is 0.159. The number of benzene rings is 1. The summed E-state index contributed by atoms with van der Waals surface area (Å²) >= 11 is 0. The SMILES string of the molecule is C=C(C)COc1cccc(CC(C)=O)c1. The molecule has 1 rings (SSSR count). The average Bonchev–Trinajstić information content (AvgIpc) is 2.14. The molecule has 2 nitrogen and oxygen atoms in total. The van der Waals surface area contributed by atoms with Crippen molar-refractivity contribution in [3.8, 4) is 5.75 Å². The molecule has 0 N–H and O–H groups in total. The fraction of sp³-hybridized carbons (Fsp3) is 0.308. The van der Waals surface area contributed by atoms with Crippen molar-refractivity contribution in [3.63, 3.8) is 0 Å². The largest absolute Gasteiger partial charge is 0.489 e. The second-order valence-corrected chi connectivity index (χ2v) is 3.77. The van der Waals surface area contributed by atoms with Crippen molar-refractivity contribution in [3.05, 3.63) is 42.0 Å². The summed E-state index contributed by atoms with van der Waals surface area (Å²) < 4.78 is 5.48. The third-order valence-corrected chi connectivity index (χ3v) is 1.84. The molecule has 1 aromatic carbocycles. The first-order chi connectivity index (χ1) is 7.08. The van der Waals surface area contributed by atoms with Crippen LogP contribution in [0.2, 0.25) is 0 Å². The summed E-state index contributed by atoms with van der Waals surface area (Å²) in [5, 5.41) is 0. The number of carbonyl (C=O) groups is 1. The molecule has 0 amide bonds. The molecule has 0 aliphatic rings. The monoisotopic (exact) mass is 204 g/mol. The van der Waals surface area contributed by atoms with E-state index in [1.54, 1.807) is 6.92 Å². The third kappa shape index (κ3) is 4.45. The Hall–Kier alpha value is -1.57. The van der Waals surface area contributed by atoms with Crippen LogP contribution in [-0.2, 0) is 11.2 Å². The van der Waals surface area contributed by atoms with E-state index < -0.39 is 0 Å². The van der Waals surface area contributed by atoms with Gasteiger partial charge in [0.25, 0.3) is 0 Å². The van der Waals surface area contributed by atoms with Gasteiger partial charge in [0.1, 0.15) is 18.1 Å². The molecule has 2 heteroatoms. The molecule has 0 aliphatic heterocycles. The van der Waals surface area contributed by atoms with Gasteiger partial charge in [0.05, 0.1) is 0 Å². The first kappa shape index (κ1) is 11.5. The summed E-state index contributed by atoms with van der Waals surface area (Å²) in [6.07, 6.45) is 0.463. The van der Waals surface area contributed by atoms with E-state index in [1.165, 1.54) is 0 Å². The van der Waals surface area contributed by atoms with Gasteiger partial charge in [-0.25, -0.2) is 0 Å². The number of carbonyl (C=O) groups excluding carboxylic acids is 1. The Morgan fingerprint density at radius 2 is 2.13 bits per heavy atom. The van der Waals surface area contributed by atoms with E-state index >= 15 is 0 Å². The lowest BCUT2D eigenvalue weighted by atomic mass is 10.1. The minimum absolute atomic E-state index is 0.159. The quantitative estimate of drug-likeness (QED) is 0.689. The lowest BCUT2D eigenvalue weighted by Gasteiger charge is -2.06. The van der Waals surface area contributed by atoms with Gasteiger partial charge in [-0.15, -0.1) is 0 Å². The Balaban J connectivity index is 2.65. The number of hydrogen-bond donors (Lipinski definition) is 0. The topological polar surface area (TPSA) is 26.3 Å². The van der Waals surface area contributed by atoms with Gasteiger partial charge in [0.2, 0.25) is 0 Å². The number of Topliss-reactive ketones (excluding diaryl/α,β-unsaturated/α-hetero) is 1. The minimum Gasteiger partial charge on any atom is -0.489 e.